The topological polar surface area (TPSA) is 3.24 Å². The Morgan fingerprint density at radius 2 is 2.00 bits per heavy atom. The van der Waals surface area contributed by atoms with Crippen molar-refractivity contribution in [1.82, 2.24) is 4.90 Å². The minimum absolute atomic E-state index is 0. The Balaban J connectivity index is 0.00000200. The third kappa shape index (κ3) is 3.78. The van der Waals surface area contributed by atoms with E-state index in [9.17, 15) is 8.78 Å². The van der Waals surface area contributed by atoms with Gasteiger partial charge in [0.15, 0.2) is 0 Å². The predicted octanol–water partition coefficient (Wildman–Crippen LogP) is 4.35. The number of nitrogens with zero attached hydrogens (tertiary/aromatic N) is 1. The fourth-order valence-electron chi connectivity index (χ4n) is 1.96. The fraction of sp³-hybridized carbons (Fsp3) is 0.200. The van der Waals surface area contributed by atoms with Crippen LogP contribution in [0.3, 0.4) is 0 Å². The number of hydrogen-bond donors (Lipinski definition) is 0. The molecule has 1 radical (unpaired) electrons. The minimum Gasteiger partial charge on any atom is -0.368 e. The molecule has 20 heavy (non-hydrogen) atoms. The van der Waals surface area contributed by atoms with Crippen molar-refractivity contribution in [3.8, 4) is 0 Å². The third-order valence-corrected chi connectivity index (χ3v) is 3.26. The van der Waals surface area contributed by atoms with Crippen LogP contribution in [0, 0.1) is 13.0 Å². The second-order valence-corrected chi connectivity index (χ2v) is 4.66. The summed E-state index contributed by atoms with van der Waals surface area (Å²) in [5, 5.41) is 0.331. The van der Waals surface area contributed by atoms with E-state index in [-0.39, 0.29) is 32.7 Å². The van der Waals surface area contributed by atoms with E-state index in [1.54, 1.807) is 6.08 Å². The quantitative estimate of drug-likeness (QED) is 0.716. The van der Waals surface area contributed by atoms with Crippen LogP contribution < -0.4 is 0 Å². The second kappa shape index (κ2) is 7.49. The SMILES string of the molecule is C=C1C(Cl)=C[C-]=C(c2ccccc2C)N1CC(F)F.[Y]. The summed E-state index contributed by atoms with van der Waals surface area (Å²) in [5.41, 5.74) is 2.79. The largest absolute Gasteiger partial charge is 0.368 e. The normalized spacial score (nSPS) is 14.8. The summed E-state index contributed by atoms with van der Waals surface area (Å²) < 4.78 is 25.4. The summed E-state index contributed by atoms with van der Waals surface area (Å²) in [5.74, 6) is 0. The van der Waals surface area contributed by atoms with E-state index in [0.717, 1.165) is 11.1 Å². The van der Waals surface area contributed by atoms with E-state index in [0.29, 0.717) is 16.4 Å². The minimum atomic E-state index is -2.47. The van der Waals surface area contributed by atoms with Crippen LogP contribution in [0.2, 0.25) is 0 Å². The molecule has 0 fully saturated rings. The number of aryl methyl sites for hydroxylation is 1. The maximum absolute atomic E-state index is 12.7. The number of alkyl halides is 2. The zero-order chi connectivity index (χ0) is 14.0. The molecule has 0 aliphatic carbocycles. The van der Waals surface area contributed by atoms with Crippen LogP contribution in [0.25, 0.3) is 5.70 Å². The standard InChI is InChI=1S/C15H13ClF2N.Y/c1-10-5-3-4-6-12(10)14-8-7-13(16)11(2)19(14)9-15(17)18;/h3-7,15H,2,9H2,1H3;/q-1;. The van der Waals surface area contributed by atoms with Crippen LogP contribution in [0.1, 0.15) is 11.1 Å². The van der Waals surface area contributed by atoms with Crippen LogP contribution in [0.15, 0.2) is 47.6 Å². The first-order chi connectivity index (χ1) is 9.00. The molecule has 0 saturated carbocycles. The molecule has 0 saturated heterocycles. The molecule has 1 heterocycles. The summed E-state index contributed by atoms with van der Waals surface area (Å²) in [6.45, 7) is 5.25. The van der Waals surface area contributed by atoms with E-state index in [1.807, 2.05) is 31.2 Å². The van der Waals surface area contributed by atoms with Gasteiger partial charge in [-0.2, -0.15) is 23.8 Å². The molecular weight excluding hydrogens is 357 g/mol. The molecule has 0 atom stereocenters. The van der Waals surface area contributed by atoms with Gasteiger partial charge < -0.3 is 4.90 Å². The van der Waals surface area contributed by atoms with Crippen molar-refractivity contribution in [3.05, 3.63) is 64.9 Å². The smallest absolute Gasteiger partial charge is 0.256 e. The van der Waals surface area contributed by atoms with E-state index < -0.39 is 13.0 Å². The van der Waals surface area contributed by atoms with Crippen molar-refractivity contribution in [2.24, 2.45) is 0 Å². The summed E-state index contributed by atoms with van der Waals surface area (Å²) in [6.07, 6.45) is 2.06. The Morgan fingerprint density at radius 3 is 2.60 bits per heavy atom. The number of rotatable bonds is 3. The Kier molecular flexibility index (Phi) is 6.57. The van der Waals surface area contributed by atoms with Crippen molar-refractivity contribution in [2.45, 2.75) is 13.3 Å². The number of benzene rings is 1. The molecule has 1 nitrogen and oxygen atoms in total. The molecule has 0 spiro atoms. The Bertz CT molecular complexity index is 567. The van der Waals surface area contributed by atoms with E-state index >= 15 is 0 Å². The fourth-order valence-corrected chi connectivity index (χ4v) is 2.11. The van der Waals surface area contributed by atoms with E-state index in [4.69, 9.17) is 11.6 Å². The van der Waals surface area contributed by atoms with Gasteiger partial charge in [0.2, 0.25) is 0 Å². The molecule has 0 bridgehead atoms. The van der Waals surface area contributed by atoms with Gasteiger partial charge in [-0.25, -0.2) is 8.78 Å². The van der Waals surface area contributed by atoms with Crippen LogP contribution >= 0.6 is 11.6 Å². The monoisotopic (exact) mass is 369 g/mol. The molecule has 0 N–H and O–H groups in total. The van der Waals surface area contributed by atoms with Crippen molar-refractivity contribution in [2.75, 3.05) is 6.54 Å². The molecule has 0 amide bonds. The number of hydrogen-bond acceptors (Lipinski definition) is 1. The van der Waals surface area contributed by atoms with Gasteiger partial charge >= 0.3 is 0 Å². The first-order valence-electron chi connectivity index (χ1n) is 5.81. The maximum atomic E-state index is 12.7. The van der Waals surface area contributed by atoms with Crippen molar-refractivity contribution < 1.29 is 41.5 Å². The van der Waals surface area contributed by atoms with Gasteiger partial charge in [0.25, 0.3) is 6.43 Å². The maximum Gasteiger partial charge on any atom is 0.256 e. The van der Waals surface area contributed by atoms with Crippen LogP contribution in [0.4, 0.5) is 8.78 Å². The zero-order valence-electron chi connectivity index (χ0n) is 11.0. The van der Waals surface area contributed by atoms with Crippen molar-refractivity contribution >= 4 is 17.3 Å². The van der Waals surface area contributed by atoms with Crippen molar-refractivity contribution in [3.63, 3.8) is 0 Å². The summed E-state index contributed by atoms with van der Waals surface area (Å²) in [7, 11) is 0. The average molecular weight is 370 g/mol. The molecule has 1 aliphatic rings. The van der Waals surface area contributed by atoms with Gasteiger partial charge in [-0.1, -0.05) is 48.5 Å². The molecular formula is C15H13ClF2NY-. The molecule has 5 heteroatoms. The summed E-state index contributed by atoms with van der Waals surface area (Å²) in [4.78, 5) is 1.41. The Labute approximate surface area is 147 Å². The molecule has 0 aromatic heterocycles. The summed E-state index contributed by atoms with van der Waals surface area (Å²) >= 11 is 5.94. The van der Waals surface area contributed by atoms with Gasteiger partial charge in [-0.05, 0) is 10.7 Å². The third-order valence-electron chi connectivity index (χ3n) is 2.93. The second-order valence-electron chi connectivity index (χ2n) is 4.25. The van der Waals surface area contributed by atoms with E-state index in [1.165, 1.54) is 4.90 Å². The van der Waals surface area contributed by atoms with Crippen LogP contribution in [-0.2, 0) is 32.7 Å². The van der Waals surface area contributed by atoms with Gasteiger partial charge in [0.1, 0.15) is 0 Å². The number of halogens is 3. The molecule has 2 rings (SSSR count). The average Bonchev–Trinajstić information content (AvgIpc) is 2.36. The van der Waals surface area contributed by atoms with Gasteiger partial charge in [0.05, 0.1) is 6.54 Å². The molecule has 1 aromatic rings. The first kappa shape index (κ1) is 17.5. The van der Waals surface area contributed by atoms with Gasteiger partial charge in [-0.15, -0.1) is 6.07 Å². The van der Waals surface area contributed by atoms with Gasteiger partial charge in [0, 0.05) is 32.7 Å². The molecule has 0 unspecified atom stereocenters. The van der Waals surface area contributed by atoms with E-state index in [2.05, 4.69) is 12.7 Å². The molecule has 103 valence electrons. The Hall–Kier alpha value is -0.506. The predicted molar refractivity (Wildman–Crippen MR) is 73.6 cm³/mol. The first-order valence-corrected chi connectivity index (χ1v) is 6.18. The van der Waals surface area contributed by atoms with Gasteiger partial charge in [-0.3, -0.25) is 0 Å². The molecule has 1 aromatic carbocycles. The van der Waals surface area contributed by atoms with Crippen LogP contribution in [0.5, 0.6) is 0 Å². The van der Waals surface area contributed by atoms with Crippen LogP contribution in [-0.4, -0.2) is 17.9 Å². The number of allylic oxidation sites excluding steroid dienone is 3. The Morgan fingerprint density at radius 1 is 1.35 bits per heavy atom. The summed E-state index contributed by atoms with van der Waals surface area (Å²) in [6, 6.07) is 7.56. The zero-order valence-corrected chi connectivity index (χ0v) is 14.6. The molecule has 1 aliphatic heterocycles. The van der Waals surface area contributed by atoms with Crippen molar-refractivity contribution in [1.29, 1.82) is 0 Å².